The van der Waals surface area contributed by atoms with Crippen molar-refractivity contribution in [2.75, 3.05) is 26.2 Å². The van der Waals surface area contributed by atoms with Crippen molar-refractivity contribution >= 4 is 36.0 Å². The molecule has 6 nitrogen and oxygen atoms in total. The summed E-state index contributed by atoms with van der Waals surface area (Å²) in [5, 5.41) is 16.3. The lowest BCUT2D eigenvalue weighted by Crippen LogP contribution is -2.12. The van der Waals surface area contributed by atoms with Gasteiger partial charge in [0.15, 0.2) is 0 Å². The third-order valence-corrected chi connectivity index (χ3v) is 5.37. The second-order valence-corrected chi connectivity index (χ2v) is 11.1. The predicted octanol–water partition coefficient (Wildman–Crippen LogP) is 5.97. The molecule has 1 fully saturated rings. The third-order valence-electron chi connectivity index (χ3n) is 4.79. The number of halogens is 4. The fraction of sp³-hybridized carbons (Fsp3) is 0.500. The molecule has 0 saturated carbocycles. The SMILES string of the molecule is CC(C)(C)C.C\C(=C/C(Cl)=C(F)\C=C\[C@@H]1CNC[C@@H]1c1ccc(F)c(Cl)c1)NC=O.O=CNCCCCO. The molecule has 0 unspecified atom stereocenters. The maximum atomic E-state index is 14.1. The van der Waals surface area contributed by atoms with Crippen molar-refractivity contribution in [3.8, 4) is 0 Å². The summed E-state index contributed by atoms with van der Waals surface area (Å²) in [6.45, 7) is 12.6. The van der Waals surface area contributed by atoms with E-state index in [0.29, 0.717) is 43.6 Å². The van der Waals surface area contributed by atoms with Gasteiger partial charge in [0.2, 0.25) is 12.8 Å². The Morgan fingerprint density at radius 2 is 1.84 bits per heavy atom. The maximum absolute atomic E-state index is 14.1. The Kier molecular flexibility index (Phi) is 18.6. The first-order valence-electron chi connectivity index (χ1n) is 12.4. The van der Waals surface area contributed by atoms with Crippen LogP contribution in [0, 0.1) is 17.2 Å². The molecule has 4 N–H and O–H groups in total. The number of carbonyl (C=O) groups is 2. The highest BCUT2D eigenvalue weighted by molar-refractivity contribution is 6.31. The molecule has 2 rings (SSSR count). The molecule has 1 aliphatic heterocycles. The van der Waals surface area contributed by atoms with Crippen LogP contribution < -0.4 is 16.0 Å². The highest BCUT2D eigenvalue weighted by Crippen LogP contribution is 2.32. The number of carbonyl (C=O) groups excluding carboxylic acids is 2. The molecule has 1 aliphatic rings. The minimum absolute atomic E-state index is 0.0231. The lowest BCUT2D eigenvalue weighted by atomic mass is 9.88. The Morgan fingerprint density at radius 1 is 1.18 bits per heavy atom. The summed E-state index contributed by atoms with van der Waals surface area (Å²) in [7, 11) is 0. The van der Waals surface area contributed by atoms with Crippen LogP contribution in [0.1, 0.15) is 58.9 Å². The number of allylic oxidation sites excluding steroid dienone is 5. The van der Waals surface area contributed by atoms with Crippen LogP contribution >= 0.6 is 23.2 Å². The lowest BCUT2D eigenvalue weighted by molar-refractivity contribution is -0.110. The molecule has 2 amide bonds. The number of nitrogens with one attached hydrogen (secondary N) is 3. The first-order chi connectivity index (χ1) is 17.8. The van der Waals surface area contributed by atoms with E-state index in [9.17, 15) is 18.4 Å². The van der Waals surface area contributed by atoms with Crippen LogP contribution in [-0.4, -0.2) is 44.2 Å². The molecule has 10 heteroatoms. The van der Waals surface area contributed by atoms with Gasteiger partial charge in [0.25, 0.3) is 0 Å². The molecule has 1 heterocycles. The summed E-state index contributed by atoms with van der Waals surface area (Å²) in [6.07, 6.45) is 7.15. The van der Waals surface area contributed by atoms with Crippen molar-refractivity contribution in [1.29, 1.82) is 0 Å². The molecule has 0 radical (unpaired) electrons. The number of aliphatic hydroxyl groups is 1. The molecule has 0 bridgehead atoms. The van der Waals surface area contributed by atoms with Gasteiger partial charge in [0, 0.05) is 37.9 Å². The standard InChI is InChI=1S/C18H18Cl2F2N2O.C5H11NO2.C5H12/c1-11(24-10-25)6-15(19)17(21)5-3-13-8-23-9-14(13)12-2-4-18(22)16(20)7-12;7-4-2-1-3-6-5-8;1-5(2,3)4/h2-7,10,13-14,23H,8-9H2,1H3,(H,24,25);5,7H,1-4H2,(H,6,8);1-4H3/b5-3+,11-6+,17-15-;;/t13-,14-;;/m1../s1. The van der Waals surface area contributed by atoms with Crippen LogP contribution in [0.25, 0.3) is 0 Å². The smallest absolute Gasteiger partial charge is 0.211 e. The van der Waals surface area contributed by atoms with E-state index in [0.717, 1.165) is 18.4 Å². The van der Waals surface area contributed by atoms with Gasteiger partial charge in [0.05, 0.1) is 10.1 Å². The molecular weight excluding hydrogens is 535 g/mol. The topological polar surface area (TPSA) is 90.5 Å². The van der Waals surface area contributed by atoms with E-state index in [1.54, 1.807) is 25.1 Å². The van der Waals surface area contributed by atoms with Crippen LogP contribution in [0.15, 0.2) is 53.0 Å². The van der Waals surface area contributed by atoms with Gasteiger partial charge < -0.3 is 21.1 Å². The average Bonchev–Trinajstić information content (AvgIpc) is 3.30. The molecule has 1 aromatic rings. The van der Waals surface area contributed by atoms with Gasteiger partial charge in [-0.3, -0.25) is 9.59 Å². The van der Waals surface area contributed by atoms with E-state index in [-0.39, 0.29) is 28.5 Å². The minimum atomic E-state index is -0.600. The summed E-state index contributed by atoms with van der Waals surface area (Å²) in [6, 6.07) is 4.63. The average molecular weight is 577 g/mol. The Bertz CT molecular complexity index is 942. The molecule has 0 spiro atoms. The zero-order valence-electron chi connectivity index (χ0n) is 22.8. The Labute approximate surface area is 235 Å². The van der Waals surface area contributed by atoms with E-state index in [1.165, 1.54) is 18.2 Å². The number of benzene rings is 1. The number of hydrogen-bond donors (Lipinski definition) is 4. The molecule has 214 valence electrons. The van der Waals surface area contributed by atoms with Gasteiger partial charge in [0.1, 0.15) is 11.6 Å². The van der Waals surface area contributed by atoms with Crippen LogP contribution in [0.2, 0.25) is 5.02 Å². The zero-order valence-corrected chi connectivity index (χ0v) is 24.3. The van der Waals surface area contributed by atoms with E-state index < -0.39 is 11.6 Å². The van der Waals surface area contributed by atoms with Crippen LogP contribution in [0.4, 0.5) is 8.78 Å². The Hall–Kier alpha value is -2.26. The zero-order chi connectivity index (χ0) is 29.1. The molecule has 1 saturated heterocycles. The maximum Gasteiger partial charge on any atom is 0.211 e. The van der Waals surface area contributed by atoms with Crippen molar-refractivity contribution in [1.82, 2.24) is 16.0 Å². The number of amides is 2. The first-order valence-corrected chi connectivity index (χ1v) is 13.1. The predicted molar refractivity (Wildman–Crippen MR) is 152 cm³/mol. The minimum Gasteiger partial charge on any atom is -0.396 e. The number of unbranched alkanes of at least 4 members (excludes halogenated alkanes) is 1. The quantitative estimate of drug-likeness (QED) is 0.149. The molecule has 38 heavy (non-hydrogen) atoms. The van der Waals surface area contributed by atoms with Gasteiger partial charge in [-0.2, -0.15) is 0 Å². The fourth-order valence-electron chi connectivity index (χ4n) is 3.09. The summed E-state index contributed by atoms with van der Waals surface area (Å²) >= 11 is 11.7. The molecule has 2 atom stereocenters. The second kappa shape index (κ2) is 19.8. The number of hydrogen-bond acceptors (Lipinski definition) is 4. The van der Waals surface area contributed by atoms with Crippen LogP contribution in [0.5, 0.6) is 0 Å². The van der Waals surface area contributed by atoms with Crippen molar-refractivity contribution in [3.63, 3.8) is 0 Å². The Morgan fingerprint density at radius 3 is 2.39 bits per heavy atom. The van der Waals surface area contributed by atoms with Gasteiger partial charge >= 0.3 is 0 Å². The Balaban J connectivity index is 0.000000871. The van der Waals surface area contributed by atoms with Crippen molar-refractivity contribution in [3.05, 3.63) is 69.4 Å². The summed E-state index contributed by atoms with van der Waals surface area (Å²) < 4.78 is 27.4. The summed E-state index contributed by atoms with van der Waals surface area (Å²) in [5.74, 6) is -0.975. The van der Waals surface area contributed by atoms with Crippen molar-refractivity contribution in [2.24, 2.45) is 11.3 Å². The van der Waals surface area contributed by atoms with Gasteiger partial charge in [-0.25, -0.2) is 8.78 Å². The highest BCUT2D eigenvalue weighted by atomic mass is 35.5. The highest BCUT2D eigenvalue weighted by Gasteiger charge is 2.27. The van der Waals surface area contributed by atoms with E-state index in [1.807, 2.05) is 0 Å². The van der Waals surface area contributed by atoms with Gasteiger partial charge in [-0.05, 0) is 60.9 Å². The third kappa shape index (κ3) is 17.3. The fourth-order valence-corrected chi connectivity index (χ4v) is 3.50. The van der Waals surface area contributed by atoms with Crippen LogP contribution in [-0.2, 0) is 9.59 Å². The van der Waals surface area contributed by atoms with Crippen LogP contribution in [0.3, 0.4) is 0 Å². The van der Waals surface area contributed by atoms with E-state index in [4.69, 9.17) is 28.3 Å². The number of aliphatic hydroxyl groups excluding tert-OH is 1. The van der Waals surface area contributed by atoms with E-state index >= 15 is 0 Å². The lowest BCUT2D eigenvalue weighted by Gasteiger charge is -2.16. The van der Waals surface area contributed by atoms with Crippen molar-refractivity contribution < 1.29 is 23.5 Å². The van der Waals surface area contributed by atoms with E-state index in [2.05, 4.69) is 43.6 Å². The normalized spacial score (nSPS) is 18.0. The number of rotatable bonds is 11. The molecule has 0 aliphatic carbocycles. The largest absolute Gasteiger partial charge is 0.396 e. The van der Waals surface area contributed by atoms with Crippen molar-refractivity contribution in [2.45, 2.75) is 53.4 Å². The summed E-state index contributed by atoms with van der Waals surface area (Å²) in [4.78, 5) is 19.9. The van der Waals surface area contributed by atoms with Gasteiger partial charge in [-0.1, -0.05) is 63.0 Å². The molecule has 0 aromatic heterocycles. The molecular formula is C28H41Cl2F2N3O3. The molecule has 1 aromatic carbocycles. The second-order valence-electron chi connectivity index (χ2n) is 10.2. The summed E-state index contributed by atoms with van der Waals surface area (Å²) in [5.41, 5.74) is 1.83. The first kappa shape index (κ1) is 35.7. The van der Waals surface area contributed by atoms with Gasteiger partial charge in [-0.15, -0.1) is 0 Å². The monoisotopic (exact) mass is 575 g/mol.